The van der Waals surface area contributed by atoms with Gasteiger partial charge in [0.25, 0.3) is 5.91 Å². The highest BCUT2D eigenvalue weighted by Crippen LogP contribution is 2.42. The molecule has 0 saturated heterocycles. The fourth-order valence-corrected chi connectivity index (χ4v) is 4.99. The summed E-state index contributed by atoms with van der Waals surface area (Å²) in [4.78, 5) is 30.8. The Morgan fingerprint density at radius 2 is 1.61 bits per heavy atom. The maximum atomic E-state index is 14.1. The van der Waals surface area contributed by atoms with Crippen molar-refractivity contribution in [2.45, 2.75) is 32.9 Å². The van der Waals surface area contributed by atoms with Crippen LogP contribution in [0.1, 0.15) is 36.7 Å². The lowest BCUT2D eigenvalue weighted by Crippen LogP contribution is -2.49. The van der Waals surface area contributed by atoms with Gasteiger partial charge in [-0.05, 0) is 74.9 Å². The number of amides is 2. The van der Waals surface area contributed by atoms with E-state index in [1.54, 1.807) is 29.2 Å². The Kier molecular flexibility index (Phi) is 7.25. The van der Waals surface area contributed by atoms with Gasteiger partial charge >= 0.3 is 0 Å². The number of fused-ring (bicyclic) bond motifs is 3. The van der Waals surface area contributed by atoms with Crippen LogP contribution in [0.5, 0.6) is 5.75 Å². The first kappa shape index (κ1) is 25.6. The summed E-state index contributed by atoms with van der Waals surface area (Å²) in [6.07, 6.45) is 2.02. The third-order valence-corrected chi connectivity index (χ3v) is 7.06. The zero-order valence-corrected chi connectivity index (χ0v) is 22.4. The van der Waals surface area contributed by atoms with Crippen molar-refractivity contribution in [2.24, 2.45) is 0 Å². The Morgan fingerprint density at radius 3 is 2.29 bits per heavy atom. The van der Waals surface area contributed by atoms with Crippen LogP contribution in [-0.2, 0) is 9.59 Å². The minimum atomic E-state index is -0.331. The van der Waals surface area contributed by atoms with E-state index < -0.39 is 0 Å². The summed E-state index contributed by atoms with van der Waals surface area (Å²) in [5.74, 6) is 0.121. The van der Waals surface area contributed by atoms with Gasteiger partial charge in [0.15, 0.2) is 6.61 Å². The molecule has 1 aliphatic heterocycles. The van der Waals surface area contributed by atoms with Gasteiger partial charge in [-0.25, -0.2) is 0 Å². The maximum Gasteiger partial charge on any atom is 0.261 e. The number of ether oxygens (including phenoxy) is 1. The summed E-state index contributed by atoms with van der Waals surface area (Å²) in [5.41, 5.74) is 4.88. The Bertz CT molecular complexity index is 1440. The minimum Gasteiger partial charge on any atom is -0.484 e. The summed E-state index contributed by atoms with van der Waals surface area (Å²) in [6.45, 7) is 5.61. The van der Waals surface area contributed by atoms with Gasteiger partial charge < -0.3 is 14.2 Å². The Labute approximate surface area is 228 Å². The Hall–Kier alpha value is -4.03. The van der Waals surface area contributed by atoms with Gasteiger partial charge in [-0.1, -0.05) is 53.6 Å². The average Bonchev–Trinajstić information content (AvgIpc) is 3.41. The van der Waals surface area contributed by atoms with E-state index in [4.69, 9.17) is 16.3 Å². The van der Waals surface area contributed by atoms with Crippen molar-refractivity contribution in [3.8, 4) is 11.4 Å². The summed E-state index contributed by atoms with van der Waals surface area (Å²) in [7, 11) is 0. The lowest BCUT2D eigenvalue weighted by Gasteiger charge is -2.40. The molecule has 0 N–H and O–H groups in total. The molecule has 6 nitrogen and oxygen atoms in total. The van der Waals surface area contributed by atoms with E-state index in [-0.39, 0.29) is 37.0 Å². The number of anilines is 1. The first-order valence-electron chi connectivity index (χ1n) is 12.7. The normalized spacial score (nSPS) is 14.1. The number of aromatic nitrogens is 1. The molecule has 7 heteroatoms. The summed E-state index contributed by atoms with van der Waals surface area (Å²) in [6, 6.07) is 26.5. The van der Waals surface area contributed by atoms with Gasteiger partial charge in [0.1, 0.15) is 18.3 Å². The molecule has 0 saturated carbocycles. The van der Waals surface area contributed by atoms with Gasteiger partial charge in [0.2, 0.25) is 5.91 Å². The minimum absolute atomic E-state index is 0.0715. The number of carbonyl (C=O) groups is 2. The Morgan fingerprint density at radius 1 is 0.921 bits per heavy atom. The molecule has 4 aromatic rings. The predicted molar refractivity (Wildman–Crippen MR) is 150 cm³/mol. The standard InChI is InChI=1S/C31H30ClN3O3/c1-21(2)34(30(37)20-38-25-16-14-24(32)15-17-25)19-29(36)35-27-8-5-4-7-26(27)33-18-6-9-28(33)31(35)23-12-10-22(3)11-13-23/h4-18,21,31H,19-20H2,1-3H3. The molecule has 0 radical (unpaired) electrons. The van der Waals surface area contributed by atoms with Crippen molar-refractivity contribution >= 4 is 29.1 Å². The van der Waals surface area contributed by atoms with Crippen LogP contribution in [-0.4, -0.2) is 40.5 Å². The zero-order chi connectivity index (χ0) is 26.8. The summed E-state index contributed by atoms with van der Waals surface area (Å²) in [5, 5.41) is 0.592. The van der Waals surface area contributed by atoms with Crippen molar-refractivity contribution in [2.75, 3.05) is 18.1 Å². The van der Waals surface area contributed by atoms with Crippen molar-refractivity contribution in [1.29, 1.82) is 0 Å². The number of aryl methyl sites for hydroxylation is 1. The van der Waals surface area contributed by atoms with Gasteiger partial charge in [-0.3, -0.25) is 14.5 Å². The van der Waals surface area contributed by atoms with E-state index >= 15 is 0 Å². The second kappa shape index (κ2) is 10.8. The molecule has 0 spiro atoms. The van der Waals surface area contributed by atoms with Gasteiger partial charge in [-0.15, -0.1) is 0 Å². The van der Waals surface area contributed by atoms with Crippen LogP contribution < -0.4 is 9.64 Å². The molecule has 1 aliphatic rings. The van der Waals surface area contributed by atoms with Crippen LogP contribution in [0.25, 0.3) is 5.69 Å². The molecule has 5 rings (SSSR count). The zero-order valence-electron chi connectivity index (χ0n) is 21.7. The topological polar surface area (TPSA) is 54.8 Å². The van der Waals surface area contributed by atoms with E-state index in [1.165, 1.54) is 0 Å². The summed E-state index contributed by atoms with van der Waals surface area (Å²) < 4.78 is 7.83. The number of hydrogen-bond donors (Lipinski definition) is 0. The van der Waals surface area contributed by atoms with Crippen LogP contribution in [0.15, 0.2) is 91.1 Å². The van der Waals surface area contributed by atoms with E-state index in [9.17, 15) is 9.59 Å². The molecule has 2 heterocycles. The van der Waals surface area contributed by atoms with E-state index in [0.29, 0.717) is 10.8 Å². The van der Waals surface area contributed by atoms with Crippen molar-refractivity contribution in [3.05, 3.63) is 113 Å². The Balaban J connectivity index is 1.45. The smallest absolute Gasteiger partial charge is 0.261 e. The van der Waals surface area contributed by atoms with Crippen LogP contribution in [0.2, 0.25) is 5.02 Å². The second-order valence-electron chi connectivity index (χ2n) is 9.73. The van der Waals surface area contributed by atoms with Gasteiger partial charge in [0.05, 0.1) is 17.1 Å². The van der Waals surface area contributed by atoms with Crippen LogP contribution in [0.4, 0.5) is 5.69 Å². The molecule has 1 unspecified atom stereocenters. The van der Waals surface area contributed by atoms with Crippen molar-refractivity contribution in [3.63, 3.8) is 0 Å². The van der Waals surface area contributed by atoms with Crippen LogP contribution in [0.3, 0.4) is 0 Å². The first-order valence-corrected chi connectivity index (χ1v) is 13.0. The lowest BCUT2D eigenvalue weighted by molar-refractivity contribution is -0.138. The number of para-hydroxylation sites is 2. The molecule has 38 heavy (non-hydrogen) atoms. The lowest BCUT2D eigenvalue weighted by atomic mass is 9.97. The third-order valence-electron chi connectivity index (χ3n) is 6.81. The van der Waals surface area contributed by atoms with E-state index in [1.807, 2.05) is 68.3 Å². The van der Waals surface area contributed by atoms with Gasteiger partial charge in [-0.2, -0.15) is 0 Å². The number of nitrogens with zero attached hydrogens (tertiary/aromatic N) is 3. The maximum absolute atomic E-state index is 14.1. The molecule has 1 atom stereocenters. The molecule has 2 amide bonds. The SMILES string of the molecule is Cc1ccc(C2c3cccn3-c3ccccc3N2C(=O)CN(C(=O)COc2ccc(Cl)cc2)C(C)C)cc1. The fraction of sp³-hybridized carbons (Fsp3) is 0.226. The third kappa shape index (κ3) is 5.04. The number of carbonyl (C=O) groups excluding carboxylic acids is 2. The highest BCUT2D eigenvalue weighted by atomic mass is 35.5. The molecule has 194 valence electrons. The van der Waals surface area contributed by atoms with Crippen molar-refractivity contribution in [1.82, 2.24) is 9.47 Å². The molecule has 3 aromatic carbocycles. The fourth-order valence-electron chi connectivity index (χ4n) is 4.87. The van der Waals surface area contributed by atoms with E-state index in [2.05, 4.69) is 28.8 Å². The highest BCUT2D eigenvalue weighted by molar-refractivity contribution is 6.30. The number of rotatable bonds is 7. The number of benzene rings is 3. The average molecular weight is 528 g/mol. The van der Waals surface area contributed by atoms with Crippen LogP contribution in [0, 0.1) is 6.92 Å². The summed E-state index contributed by atoms with van der Waals surface area (Å²) >= 11 is 5.95. The van der Waals surface area contributed by atoms with E-state index in [0.717, 1.165) is 28.2 Å². The number of hydrogen-bond acceptors (Lipinski definition) is 3. The molecule has 1 aromatic heterocycles. The number of halogens is 1. The highest BCUT2D eigenvalue weighted by Gasteiger charge is 2.37. The molecular weight excluding hydrogens is 498 g/mol. The monoisotopic (exact) mass is 527 g/mol. The second-order valence-corrected chi connectivity index (χ2v) is 10.2. The molecule has 0 fully saturated rings. The quantitative estimate of drug-likeness (QED) is 0.288. The largest absolute Gasteiger partial charge is 0.484 e. The molecule has 0 bridgehead atoms. The van der Waals surface area contributed by atoms with Crippen LogP contribution >= 0.6 is 11.6 Å². The van der Waals surface area contributed by atoms with Gasteiger partial charge in [0, 0.05) is 17.3 Å². The first-order chi connectivity index (χ1) is 18.3. The van der Waals surface area contributed by atoms with Crippen molar-refractivity contribution < 1.29 is 14.3 Å². The molecular formula is C31H30ClN3O3. The molecule has 0 aliphatic carbocycles. The predicted octanol–water partition coefficient (Wildman–Crippen LogP) is 6.19.